The second-order valence-electron chi connectivity index (χ2n) is 7.55. The lowest BCUT2D eigenvalue weighted by Crippen LogP contribution is -2.20. The first-order valence-corrected chi connectivity index (χ1v) is 7.18. The molecule has 0 unspecified atom stereocenters. The largest absolute Gasteiger partial charge is 0.507 e. The van der Waals surface area contributed by atoms with Crippen molar-refractivity contribution >= 4 is 12.4 Å². The molecular formula is C17H29ClFNO. The van der Waals surface area contributed by atoms with E-state index < -0.39 is 12.7 Å². The molecule has 0 radical (unpaired) electrons. The van der Waals surface area contributed by atoms with Crippen molar-refractivity contribution in [2.24, 2.45) is 5.73 Å². The molecule has 1 atom stereocenters. The Morgan fingerprint density at radius 2 is 1.62 bits per heavy atom. The maximum Gasteiger partial charge on any atom is 0.124 e. The summed E-state index contributed by atoms with van der Waals surface area (Å²) >= 11 is 0. The van der Waals surface area contributed by atoms with Crippen molar-refractivity contribution in [1.29, 1.82) is 0 Å². The van der Waals surface area contributed by atoms with Crippen LogP contribution in [0.3, 0.4) is 0 Å². The Morgan fingerprint density at radius 3 is 2.00 bits per heavy atom. The topological polar surface area (TPSA) is 46.2 Å². The highest BCUT2D eigenvalue weighted by Crippen LogP contribution is 2.39. The van der Waals surface area contributed by atoms with Crippen LogP contribution in [-0.4, -0.2) is 11.8 Å². The SMILES string of the molecule is CC(C)(C)c1cc([C@H](N)CCF)c(O)c(C(C)(C)C)c1.Cl. The van der Waals surface area contributed by atoms with Crippen LogP contribution in [0, 0.1) is 0 Å². The second-order valence-corrected chi connectivity index (χ2v) is 7.55. The fraction of sp³-hybridized carbons (Fsp3) is 0.647. The highest BCUT2D eigenvalue weighted by atomic mass is 35.5. The van der Waals surface area contributed by atoms with E-state index in [0.29, 0.717) is 5.56 Å². The van der Waals surface area contributed by atoms with Gasteiger partial charge in [-0.15, -0.1) is 12.4 Å². The molecule has 0 saturated heterocycles. The average molecular weight is 318 g/mol. The monoisotopic (exact) mass is 317 g/mol. The molecule has 0 fully saturated rings. The summed E-state index contributed by atoms with van der Waals surface area (Å²) in [6.45, 7) is 12.0. The molecular weight excluding hydrogens is 289 g/mol. The molecule has 0 aromatic heterocycles. The number of halogens is 2. The van der Waals surface area contributed by atoms with Gasteiger partial charge in [0.2, 0.25) is 0 Å². The minimum atomic E-state index is -0.481. The zero-order valence-electron chi connectivity index (χ0n) is 14.0. The van der Waals surface area contributed by atoms with E-state index in [1.54, 1.807) is 0 Å². The highest BCUT2D eigenvalue weighted by molar-refractivity contribution is 5.85. The van der Waals surface area contributed by atoms with Crippen molar-refractivity contribution in [1.82, 2.24) is 0 Å². The summed E-state index contributed by atoms with van der Waals surface area (Å²) in [5.74, 6) is 0.214. The van der Waals surface area contributed by atoms with E-state index in [1.165, 1.54) is 0 Å². The molecule has 0 heterocycles. The van der Waals surface area contributed by atoms with Gasteiger partial charge in [0.25, 0.3) is 0 Å². The zero-order valence-corrected chi connectivity index (χ0v) is 14.8. The Bertz CT molecular complexity index is 475. The molecule has 21 heavy (non-hydrogen) atoms. The fourth-order valence-electron chi connectivity index (χ4n) is 2.22. The van der Waals surface area contributed by atoms with Crippen LogP contribution in [0.1, 0.15) is 70.7 Å². The van der Waals surface area contributed by atoms with Gasteiger partial charge in [-0.2, -0.15) is 0 Å². The maximum atomic E-state index is 12.6. The molecule has 0 amide bonds. The summed E-state index contributed by atoms with van der Waals surface area (Å²) in [5.41, 5.74) is 8.44. The molecule has 1 aromatic carbocycles. The first-order valence-electron chi connectivity index (χ1n) is 7.18. The summed E-state index contributed by atoms with van der Waals surface area (Å²) in [6, 6.07) is 3.50. The first kappa shape index (κ1) is 20.2. The summed E-state index contributed by atoms with van der Waals surface area (Å²) in [7, 11) is 0. The summed E-state index contributed by atoms with van der Waals surface area (Å²) in [5, 5.41) is 10.5. The van der Waals surface area contributed by atoms with Gasteiger partial charge in [-0.3, -0.25) is 4.39 Å². The molecule has 0 aliphatic carbocycles. The molecule has 3 N–H and O–H groups in total. The number of phenols is 1. The van der Waals surface area contributed by atoms with Crippen LogP contribution < -0.4 is 5.73 Å². The number of rotatable bonds is 3. The Kier molecular flexibility index (Phi) is 6.71. The van der Waals surface area contributed by atoms with Gasteiger partial charge in [0.05, 0.1) is 6.67 Å². The zero-order chi connectivity index (χ0) is 15.7. The van der Waals surface area contributed by atoms with Crippen LogP contribution in [0.4, 0.5) is 4.39 Å². The number of aromatic hydroxyl groups is 1. The molecule has 122 valence electrons. The van der Waals surface area contributed by atoms with Crippen molar-refractivity contribution in [3.05, 3.63) is 28.8 Å². The smallest absolute Gasteiger partial charge is 0.124 e. The second kappa shape index (κ2) is 6.97. The van der Waals surface area contributed by atoms with Gasteiger partial charge in [0.1, 0.15) is 5.75 Å². The van der Waals surface area contributed by atoms with Crippen molar-refractivity contribution in [2.45, 2.75) is 64.8 Å². The van der Waals surface area contributed by atoms with Gasteiger partial charge in [-0.05, 0) is 34.4 Å². The minimum absolute atomic E-state index is 0. The Hall–Kier alpha value is -0.800. The van der Waals surface area contributed by atoms with Crippen LogP contribution in [0.15, 0.2) is 12.1 Å². The lowest BCUT2D eigenvalue weighted by Gasteiger charge is -2.28. The van der Waals surface area contributed by atoms with E-state index in [4.69, 9.17) is 5.73 Å². The van der Waals surface area contributed by atoms with E-state index >= 15 is 0 Å². The third-order valence-corrected chi connectivity index (χ3v) is 3.63. The molecule has 2 nitrogen and oxygen atoms in total. The average Bonchev–Trinajstić information content (AvgIpc) is 2.26. The summed E-state index contributed by atoms with van der Waals surface area (Å²) < 4.78 is 12.6. The number of hydrogen-bond acceptors (Lipinski definition) is 2. The van der Waals surface area contributed by atoms with Gasteiger partial charge < -0.3 is 10.8 Å². The van der Waals surface area contributed by atoms with E-state index in [2.05, 4.69) is 41.5 Å². The number of hydrogen-bond donors (Lipinski definition) is 2. The van der Waals surface area contributed by atoms with Crippen LogP contribution in [-0.2, 0) is 10.8 Å². The van der Waals surface area contributed by atoms with Gasteiger partial charge in [0, 0.05) is 11.6 Å². The van der Waals surface area contributed by atoms with Crippen molar-refractivity contribution in [3.63, 3.8) is 0 Å². The number of phenolic OH excluding ortho intramolecular Hbond substituents is 1. The quantitative estimate of drug-likeness (QED) is 0.843. The fourth-order valence-corrected chi connectivity index (χ4v) is 2.22. The summed E-state index contributed by atoms with van der Waals surface area (Å²) in [4.78, 5) is 0. The third kappa shape index (κ3) is 4.86. The van der Waals surface area contributed by atoms with Crippen molar-refractivity contribution in [2.75, 3.05) is 6.67 Å². The Balaban J connectivity index is 0.00000400. The van der Waals surface area contributed by atoms with Gasteiger partial charge in [-0.25, -0.2) is 0 Å². The van der Waals surface area contributed by atoms with Gasteiger partial charge in [0.15, 0.2) is 0 Å². The maximum absolute atomic E-state index is 12.6. The van der Waals surface area contributed by atoms with Crippen LogP contribution in [0.5, 0.6) is 5.75 Å². The molecule has 0 spiro atoms. The predicted octanol–water partition coefficient (Wildman–Crippen LogP) is 4.77. The number of benzene rings is 1. The third-order valence-electron chi connectivity index (χ3n) is 3.63. The van der Waals surface area contributed by atoms with E-state index in [0.717, 1.165) is 11.1 Å². The van der Waals surface area contributed by atoms with Crippen molar-refractivity contribution in [3.8, 4) is 5.75 Å². The van der Waals surface area contributed by atoms with Crippen LogP contribution >= 0.6 is 12.4 Å². The Labute approximate surface area is 134 Å². The lowest BCUT2D eigenvalue weighted by atomic mass is 9.78. The van der Waals surface area contributed by atoms with E-state index in [1.807, 2.05) is 12.1 Å². The van der Waals surface area contributed by atoms with E-state index in [-0.39, 0.29) is 35.4 Å². The number of nitrogens with two attached hydrogens (primary N) is 1. The molecule has 1 aromatic rings. The van der Waals surface area contributed by atoms with Crippen LogP contribution in [0.2, 0.25) is 0 Å². The first-order chi connectivity index (χ1) is 8.98. The van der Waals surface area contributed by atoms with Crippen LogP contribution in [0.25, 0.3) is 0 Å². The van der Waals surface area contributed by atoms with Gasteiger partial charge in [-0.1, -0.05) is 47.6 Å². The molecule has 4 heteroatoms. The molecule has 0 bridgehead atoms. The highest BCUT2D eigenvalue weighted by Gasteiger charge is 2.26. The molecule has 0 aliphatic heterocycles. The van der Waals surface area contributed by atoms with Gasteiger partial charge >= 0.3 is 0 Å². The molecule has 0 saturated carbocycles. The standard InChI is InChI=1S/C17H28FNO.ClH/c1-16(2,3)11-9-12(14(19)7-8-18)15(20)13(10-11)17(4,5)6;/h9-10,14,20H,7-8,19H2,1-6H3;1H/t14-;/m1./s1. The normalized spacial score (nSPS) is 13.7. The molecule has 1 rings (SSSR count). The van der Waals surface area contributed by atoms with Crippen molar-refractivity contribution < 1.29 is 9.50 Å². The predicted molar refractivity (Wildman–Crippen MR) is 90.3 cm³/mol. The lowest BCUT2D eigenvalue weighted by molar-refractivity contribution is 0.412. The minimum Gasteiger partial charge on any atom is -0.507 e. The number of alkyl halides is 1. The van der Waals surface area contributed by atoms with E-state index in [9.17, 15) is 9.50 Å². The Morgan fingerprint density at radius 1 is 1.10 bits per heavy atom. The molecule has 0 aliphatic rings. The summed E-state index contributed by atoms with van der Waals surface area (Å²) in [6.07, 6.45) is 0.227.